The molecule has 8 heteroatoms. The maximum Gasteiger partial charge on any atom is 0.466 e. The summed E-state index contributed by atoms with van der Waals surface area (Å²) in [5, 5.41) is 8.98. The van der Waals surface area contributed by atoms with Crippen molar-refractivity contribution in [3.63, 3.8) is 0 Å². The van der Waals surface area contributed by atoms with Crippen molar-refractivity contribution in [3.8, 4) is 5.75 Å². The summed E-state index contributed by atoms with van der Waals surface area (Å²) in [7, 11) is -4.64. The number of carbonyl (C=O) groups excluding carboxylic acids is 1. The molecule has 0 saturated heterocycles. The van der Waals surface area contributed by atoms with Gasteiger partial charge in [0.1, 0.15) is 5.75 Å². The van der Waals surface area contributed by atoms with E-state index in [2.05, 4.69) is 0 Å². The molecule has 15 heavy (non-hydrogen) atoms. The minimum absolute atomic E-state index is 0.0741. The van der Waals surface area contributed by atoms with Crippen LogP contribution in [-0.4, -0.2) is 25.7 Å². The average molecular weight is 235 g/mol. The molecule has 0 aliphatic rings. The van der Waals surface area contributed by atoms with Gasteiger partial charge in [-0.15, -0.1) is 0 Å². The Morgan fingerprint density at radius 2 is 1.60 bits per heavy atom. The van der Waals surface area contributed by atoms with Crippen LogP contribution in [0.5, 0.6) is 5.75 Å². The Labute approximate surface area is 85.0 Å². The molecule has 0 aliphatic carbocycles. The van der Waals surface area contributed by atoms with Gasteiger partial charge in [-0.05, 0) is 12.1 Å². The number of phosphoric acid groups is 1. The molecule has 0 heterocycles. The minimum atomic E-state index is -4.64. The van der Waals surface area contributed by atoms with Gasteiger partial charge in [-0.25, -0.2) is 4.57 Å². The lowest BCUT2D eigenvalue weighted by Gasteiger charge is -1.96. The number of aromatic hydroxyl groups is 1. The van der Waals surface area contributed by atoms with E-state index in [1.54, 1.807) is 12.1 Å². The van der Waals surface area contributed by atoms with Crippen LogP contribution < -0.4 is 5.73 Å². The van der Waals surface area contributed by atoms with Crippen molar-refractivity contribution in [1.29, 1.82) is 0 Å². The van der Waals surface area contributed by atoms with E-state index in [0.717, 1.165) is 0 Å². The molecule has 6 N–H and O–H groups in total. The Bertz CT molecular complexity index is 379. The molecule has 0 aromatic heterocycles. The van der Waals surface area contributed by atoms with Crippen LogP contribution in [0, 0.1) is 0 Å². The summed E-state index contributed by atoms with van der Waals surface area (Å²) >= 11 is 0. The summed E-state index contributed by atoms with van der Waals surface area (Å²) in [5.41, 5.74) is 5.07. The first-order chi connectivity index (χ1) is 6.72. The molecule has 1 aromatic rings. The molecular weight excluding hydrogens is 225 g/mol. The van der Waals surface area contributed by atoms with Crippen molar-refractivity contribution in [1.82, 2.24) is 0 Å². The zero-order valence-electron chi connectivity index (χ0n) is 7.44. The fraction of sp³-hybridized carbons (Fsp3) is 0. The Kier molecular flexibility index (Phi) is 4.96. The molecular formula is C7H10NO6P. The third-order valence-corrected chi connectivity index (χ3v) is 1.17. The van der Waals surface area contributed by atoms with E-state index in [4.69, 9.17) is 30.1 Å². The summed E-state index contributed by atoms with van der Waals surface area (Å²) < 4.78 is 8.88. The lowest BCUT2D eigenvalue weighted by Crippen LogP contribution is -2.10. The zero-order chi connectivity index (χ0) is 12.1. The Balaban J connectivity index is 0.000000336. The number of rotatable bonds is 1. The number of primary amides is 1. The SMILES string of the molecule is NC(=O)c1ccccc1O.O=P(O)(O)O. The number of phenols is 1. The van der Waals surface area contributed by atoms with Crippen molar-refractivity contribution >= 4 is 13.7 Å². The van der Waals surface area contributed by atoms with E-state index in [1.807, 2.05) is 0 Å². The summed E-state index contributed by atoms with van der Waals surface area (Å²) in [6.45, 7) is 0. The highest BCUT2D eigenvalue weighted by Crippen LogP contribution is 2.25. The van der Waals surface area contributed by atoms with Gasteiger partial charge in [-0.2, -0.15) is 0 Å². The maximum atomic E-state index is 10.5. The summed E-state index contributed by atoms with van der Waals surface area (Å²) in [6, 6.07) is 6.15. The lowest BCUT2D eigenvalue weighted by atomic mass is 10.2. The average Bonchev–Trinajstić information content (AvgIpc) is 2.01. The molecule has 1 aromatic carbocycles. The number of para-hydroxylation sites is 1. The standard InChI is InChI=1S/C7H7NO2.H3O4P/c8-7(10)5-3-1-2-4-6(5)9;1-5(2,3)4/h1-4,9H,(H2,8,10);(H3,1,2,3,4). The van der Waals surface area contributed by atoms with Gasteiger partial charge in [0.25, 0.3) is 5.91 Å². The van der Waals surface area contributed by atoms with Crippen LogP contribution in [0.3, 0.4) is 0 Å². The van der Waals surface area contributed by atoms with Gasteiger partial charge in [-0.1, -0.05) is 12.1 Å². The lowest BCUT2D eigenvalue weighted by molar-refractivity contribution is 0.0997. The first-order valence-corrected chi connectivity index (χ1v) is 5.14. The van der Waals surface area contributed by atoms with Crippen molar-refractivity contribution < 1.29 is 29.1 Å². The fourth-order valence-corrected chi connectivity index (χ4v) is 0.682. The van der Waals surface area contributed by atoms with Crippen molar-refractivity contribution in [3.05, 3.63) is 29.8 Å². The van der Waals surface area contributed by atoms with E-state index >= 15 is 0 Å². The Morgan fingerprint density at radius 3 is 1.87 bits per heavy atom. The highest BCUT2D eigenvalue weighted by Gasteiger charge is 2.03. The molecule has 0 fully saturated rings. The topological polar surface area (TPSA) is 141 Å². The van der Waals surface area contributed by atoms with Crippen LogP contribution in [0.1, 0.15) is 10.4 Å². The predicted octanol–water partition coefficient (Wildman–Crippen LogP) is -0.438. The maximum absolute atomic E-state index is 10.5. The minimum Gasteiger partial charge on any atom is -0.507 e. The number of carbonyl (C=O) groups is 1. The zero-order valence-corrected chi connectivity index (χ0v) is 8.33. The molecule has 0 spiro atoms. The molecule has 84 valence electrons. The van der Waals surface area contributed by atoms with Crippen molar-refractivity contribution in [2.45, 2.75) is 0 Å². The highest BCUT2D eigenvalue weighted by molar-refractivity contribution is 7.45. The summed E-state index contributed by atoms with van der Waals surface area (Å²) in [5.74, 6) is -0.687. The third kappa shape index (κ3) is 7.65. The molecule has 0 unspecified atom stereocenters. The molecule has 7 nitrogen and oxygen atoms in total. The molecule has 0 saturated carbocycles. The fourth-order valence-electron chi connectivity index (χ4n) is 0.682. The van der Waals surface area contributed by atoms with Gasteiger partial charge in [0.2, 0.25) is 0 Å². The van der Waals surface area contributed by atoms with Crippen LogP contribution in [-0.2, 0) is 4.57 Å². The third-order valence-electron chi connectivity index (χ3n) is 1.17. The van der Waals surface area contributed by atoms with E-state index in [9.17, 15) is 4.79 Å². The predicted molar refractivity (Wildman–Crippen MR) is 50.9 cm³/mol. The first kappa shape index (κ1) is 13.6. The van der Waals surface area contributed by atoms with Crippen LogP contribution in [0.4, 0.5) is 0 Å². The Hall–Kier alpha value is -1.40. The normalized spacial score (nSPS) is 10.1. The smallest absolute Gasteiger partial charge is 0.466 e. The first-order valence-electron chi connectivity index (χ1n) is 3.58. The molecule has 0 atom stereocenters. The summed E-state index contributed by atoms with van der Waals surface area (Å²) in [4.78, 5) is 32.0. The van der Waals surface area contributed by atoms with Crippen LogP contribution in [0.25, 0.3) is 0 Å². The van der Waals surface area contributed by atoms with E-state index < -0.39 is 13.7 Å². The van der Waals surface area contributed by atoms with Gasteiger partial charge in [0.05, 0.1) is 5.56 Å². The van der Waals surface area contributed by atoms with Crippen molar-refractivity contribution in [2.24, 2.45) is 5.73 Å². The van der Waals surface area contributed by atoms with Gasteiger partial charge < -0.3 is 25.5 Å². The number of amides is 1. The van der Waals surface area contributed by atoms with E-state index in [0.29, 0.717) is 0 Å². The van der Waals surface area contributed by atoms with Crippen molar-refractivity contribution in [2.75, 3.05) is 0 Å². The summed E-state index contributed by atoms with van der Waals surface area (Å²) in [6.07, 6.45) is 0. The quantitative estimate of drug-likeness (QED) is 0.418. The van der Waals surface area contributed by atoms with Crippen LogP contribution in [0.2, 0.25) is 0 Å². The molecule has 0 bridgehead atoms. The number of hydrogen-bond donors (Lipinski definition) is 5. The van der Waals surface area contributed by atoms with Gasteiger partial charge >= 0.3 is 7.82 Å². The van der Waals surface area contributed by atoms with Gasteiger partial charge in [0.15, 0.2) is 0 Å². The second kappa shape index (κ2) is 5.47. The highest BCUT2D eigenvalue weighted by atomic mass is 31.2. The number of hydrogen-bond acceptors (Lipinski definition) is 3. The van der Waals surface area contributed by atoms with E-state index in [1.165, 1.54) is 12.1 Å². The Morgan fingerprint density at radius 1 is 1.20 bits per heavy atom. The largest absolute Gasteiger partial charge is 0.507 e. The van der Waals surface area contributed by atoms with Gasteiger partial charge in [-0.3, -0.25) is 4.79 Å². The molecule has 0 radical (unpaired) electrons. The second-order valence-corrected chi connectivity index (χ2v) is 3.42. The molecule has 1 rings (SSSR count). The monoisotopic (exact) mass is 235 g/mol. The van der Waals surface area contributed by atoms with Crippen LogP contribution in [0.15, 0.2) is 24.3 Å². The number of nitrogens with two attached hydrogens (primary N) is 1. The molecule has 1 amide bonds. The van der Waals surface area contributed by atoms with E-state index in [-0.39, 0.29) is 11.3 Å². The van der Waals surface area contributed by atoms with Gasteiger partial charge in [0, 0.05) is 0 Å². The van der Waals surface area contributed by atoms with Crippen LogP contribution >= 0.6 is 7.82 Å². The number of benzene rings is 1. The second-order valence-electron chi connectivity index (χ2n) is 2.39. The molecule has 0 aliphatic heterocycles.